The molecular weight excluding hydrogens is 1130 g/mol. The highest BCUT2D eigenvalue weighted by Gasteiger charge is 2.28. The molecule has 432 valence electrons. The Morgan fingerprint density at radius 2 is 0.519 bits per heavy atom. The number of piperazine rings is 3. The number of β-amino-alcohol motifs (C(OH)–C–C–N with tert-alkyl or cyclic N) is 3. The summed E-state index contributed by atoms with van der Waals surface area (Å²) >= 11 is 24.4. The number of halogens is 3. The minimum Gasteiger partial charge on any atom is -0.395 e. The lowest BCUT2D eigenvalue weighted by Gasteiger charge is -2.36. The highest BCUT2D eigenvalue weighted by atomic mass is 35.5. The minimum absolute atomic E-state index is 0.258. The fourth-order valence-corrected chi connectivity index (χ4v) is 15.3. The second kappa shape index (κ2) is 30.4. The summed E-state index contributed by atoms with van der Waals surface area (Å²) in [6.07, 6.45) is 3.35. The Balaban J connectivity index is 0.000000136. The van der Waals surface area contributed by atoms with Gasteiger partial charge in [0.15, 0.2) is 0 Å². The Kier molecular flexibility index (Phi) is 22.7. The van der Waals surface area contributed by atoms with Gasteiger partial charge in [0.1, 0.15) is 0 Å². The van der Waals surface area contributed by atoms with Crippen LogP contribution in [0, 0.1) is 0 Å². The van der Waals surface area contributed by atoms with E-state index in [0.717, 1.165) is 172 Å². The van der Waals surface area contributed by atoms with Crippen molar-refractivity contribution in [2.24, 2.45) is 0 Å². The molecule has 0 unspecified atom stereocenters. The van der Waals surface area contributed by atoms with Crippen LogP contribution in [-0.4, -0.2) is 202 Å². The van der Waals surface area contributed by atoms with Crippen LogP contribution < -0.4 is 14.7 Å². The number of anilines is 6. The molecule has 6 aromatic carbocycles. The van der Waals surface area contributed by atoms with E-state index in [4.69, 9.17) is 50.1 Å². The number of benzene rings is 6. The normalized spacial score (nSPS) is 17.6. The summed E-state index contributed by atoms with van der Waals surface area (Å²) in [5, 5.41) is 29.6. The maximum absolute atomic E-state index is 9.08. The Morgan fingerprint density at radius 1 is 0.284 bits per heavy atom. The number of rotatable bonds is 18. The van der Waals surface area contributed by atoms with Gasteiger partial charge in [0.25, 0.3) is 0 Å². The third kappa shape index (κ3) is 16.2. The van der Waals surface area contributed by atoms with Gasteiger partial charge in [-0.1, -0.05) is 106 Å². The van der Waals surface area contributed by atoms with Gasteiger partial charge < -0.3 is 44.7 Å². The van der Waals surface area contributed by atoms with Gasteiger partial charge in [-0.15, -0.1) is 0 Å². The van der Waals surface area contributed by atoms with E-state index in [0.29, 0.717) is 0 Å². The molecule has 0 aliphatic carbocycles. The van der Waals surface area contributed by atoms with Crippen LogP contribution in [0.5, 0.6) is 0 Å². The SMILES string of the molecule is OCCN1CCN(CCCN2c3ccccc3Sc3ccc(Cl)cc32)CC1.OCCN1CCN(CCCN2c3ccccc3Sc3ccc(Cl)cc32)CC1.OCCN1CCN(CCCN2c3ccccc3Sc3ccc(Cl)cc32)CC1. The summed E-state index contributed by atoms with van der Waals surface area (Å²) in [4.78, 5) is 29.7. The van der Waals surface area contributed by atoms with Crippen LogP contribution in [0.1, 0.15) is 19.3 Å². The van der Waals surface area contributed by atoms with Gasteiger partial charge in [-0.2, -0.15) is 0 Å². The van der Waals surface area contributed by atoms with Gasteiger partial charge in [-0.3, -0.25) is 14.7 Å². The number of aliphatic hydroxyl groups excluding tert-OH is 3. The van der Waals surface area contributed by atoms with Crippen LogP contribution in [0.3, 0.4) is 0 Å². The number of hydrogen-bond acceptors (Lipinski definition) is 15. The molecule has 0 amide bonds. The molecule has 6 aromatic rings. The molecule has 12 nitrogen and oxygen atoms in total. The molecule has 0 aromatic heterocycles. The lowest BCUT2D eigenvalue weighted by Crippen LogP contribution is -2.47. The van der Waals surface area contributed by atoms with E-state index in [9.17, 15) is 0 Å². The molecule has 18 heteroatoms. The summed E-state index contributed by atoms with van der Waals surface area (Å²) < 4.78 is 0. The van der Waals surface area contributed by atoms with E-state index >= 15 is 0 Å². The first-order chi connectivity index (χ1) is 39.7. The maximum Gasteiger partial charge on any atom is 0.0567 e. The second-order valence-electron chi connectivity index (χ2n) is 21.3. The van der Waals surface area contributed by atoms with E-state index in [2.05, 4.69) is 153 Å². The molecule has 3 saturated heterocycles. The van der Waals surface area contributed by atoms with E-state index in [1.54, 1.807) is 0 Å². The molecular formula is C63H78Cl3N9O3S3. The van der Waals surface area contributed by atoms with E-state index in [1.807, 2.05) is 53.5 Å². The van der Waals surface area contributed by atoms with Crippen LogP contribution in [0.25, 0.3) is 0 Å². The van der Waals surface area contributed by atoms with Gasteiger partial charge in [0, 0.05) is 162 Å². The first-order valence-electron chi connectivity index (χ1n) is 28.9. The van der Waals surface area contributed by atoms with E-state index in [-0.39, 0.29) is 19.8 Å². The number of nitrogens with zero attached hydrogens (tertiary/aromatic N) is 9. The van der Waals surface area contributed by atoms with Gasteiger partial charge in [-0.05, 0) is 130 Å². The van der Waals surface area contributed by atoms with Gasteiger partial charge in [0.2, 0.25) is 0 Å². The molecule has 12 rings (SSSR count). The summed E-state index contributed by atoms with van der Waals surface area (Å²) in [6.45, 7) is 22.4. The fourth-order valence-electron chi connectivity index (χ4n) is 11.6. The molecule has 6 heterocycles. The van der Waals surface area contributed by atoms with Crippen molar-refractivity contribution in [2.75, 3.05) is 172 Å². The molecule has 0 bridgehead atoms. The quantitative estimate of drug-likeness (QED) is 0.0762. The topological polar surface area (TPSA) is 89.8 Å². The molecule has 0 atom stereocenters. The third-order valence-corrected chi connectivity index (χ3v) is 20.1. The minimum atomic E-state index is 0.258. The number of aliphatic hydroxyl groups is 3. The first-order valence-corrected chi connectivity index (χ1v) is 32.5. The smallest absolute Gasteiger partial charge is 0.0567 e. The summed E-state index contributed by atoms with van der Waals surface area (Å²) in [6, 6.07) is 44.5. The Bertz CT molecular complexity index is 2650. The van der Waals surface area contributed by atoms with Crippen molar-refractivity contribution >= 4 is 104 Å². The summed E-state index contributed by atoms with van der Waals surface area (Å²) in [7, 11) is 0. The standard InChI is InChI=1S/3C21H26ClN3OS/c3*22-17-6-7-21-19(16-17)25(18-4-1-2-5-20(18)27-21)9-3-8-23-10-12-24(13-11-23)14-15-26/h3*1-2,4-7,16,26H,3,8-15H2. The van der Waals surface area contributed by atoms with Crippen LogP contribution >= 0.6 is 70.1 Å². The Morgan fingerprint density at radius 3 is 0.778 bits per heavy atom. The van der Waals surface area contributed by atoms with Crippen molar-refractivity contribution in [1.29, 1.82) is 0 Å². The van der Waals surface area contributed by atoms with Gasteiger partial charge >= 0.3 is 0 Å². The highest BCUT2D eigenvalue weighted by molar-refractivity contribution is 8.00. The highest BCUT2D eigenvalue weighted by Crippen LogP contribution is 2.51. The number of para-hydroxylation sites is 3. The number of fused-ring (bicyclic) bond motifs is 6. The van der Waals surface area contributed by atoms with Crippen LogP contribution in [0.15, 0.2) is 157 Å². The molecule has 3 N–H and O–H groups in total. The Labute approximate surface area is 508 Å². The average Bonchev–Trinajstić information content (AvgIpc) is 3.52. The van der Waals surface area contributed by atoms with Gasteiger partial charge in [-0.25, -0.2) is 0 Å². The van der Waals surface area contributed by atoms with Crippen molar-refractivity contribution in [3.63, 3.8) is 0 Å². The lowest BCUT2D eigenvalue weighted by molar-refractivity contribution is 0.112. The second-order valence-corrected chi connectivity index (χ2v) is 25.8. The zero-order valence-electron chi connectivity index (χ0n) is 46.4. The molecule has 0 saturated carbocycles. The molecule has 0 spiro atoms. The van der Waals surface area contributed by atoms with Crippen molar-refractivity contribution in [1.82, 2.24) is 29.4 Å². The van der Waals surface area contributed by atoms with E-state index in [1.165, 1.54) is 63.5 Å². The van der Waals surface area contributed by atoms with Crippen molar-refractivity contribution in [2.45, 2.75) is 48.6 Å². The summed E-state index contributed by atoms with van der Waals surface area (Å²) in [5.41, 5.74) is 7.51. The average molecular weight is 1210 g/mol. The molecule has 81 heavy (non-hydrogen) atoms. The molecule has 6 aliphatic heterocycles. The first kappa shape index (κ1) is 60.4. The third-order valence-electron chi connectivity index (χ3n) is 16.0. The zero-order valence-corrected chi connectivity index (χ0v) is 51.2. The fraction of sp³-hybridized carbons (Fsp3) is 0.429. The maximum atomic E-state index is 9.08. The van der Waals surface area contributed by atoms with E-state index < -0.39 is 0 Å². The van der Waals surface area contributed by atoms with Crippen molar-refractivity contribution in [3.05, 3.63) is 142 Å². The largest absolute Gasteiger partial charge is 0.395 e. The van der Waals surface area contributed by atoms with Crippen molar-refractivity contribution in [3.8, 4) is 0 Å². The van der Waals surface area contributed by atoms with Crippen LogP contribution in [0.2, 0.25) is 15.1 Å². The lowest BCUT2D eigenvalue weighted by atomic mass is 10.2. The van der Waals surface area contributed by atoms with Gasteiger partial charge in [0.05, 0.1) is 53.9 Å². The molecule has 3 fully saturated rings. The zero-order chi connectivity index (χ0) is 55.9. The predicted octanol–water partition coefficient (Wildman–Crippen LogP) is 11.8. The predicted molar refractivity (Wildman–Crippen MR) is 341 cm³/mol. The Hall–Kier alpha value is -3.72. The molecule has 6 aliphatic rings. The summed E-state index contributed by atoms with van der Waals surface area (Å²) in [5.74, 6) is 0. The van der Waals surface area contributed by atoms with Crippen molar-refractivity contribution < 1.29 is 15.3 Å². The molecule has 0 radical (unpaired) electrons. The number of hydrogen-bond donors (Lipinski definition) is 3. The van der Waals surface area contributed by atoms with Crippen LogP contribution in [-0.2, 0) is 0 Å². The monoisotopic (exact) mass is 1210 g/mol. The van der Waals surface area contributed by atoms with Crippen LogP contribution in [0.4, 0.5) is 34.1 Å².